The molecule has 0 aromatic rings. The van der Waals surface area contributed by atoms with Crippen molar-refractivity contribution in [1.82, 2.24) is 10.6 Å². The second-order valence-corrected chi connectivity index (χ2v) is 5.50. The van der Waals surface area contributed by atoms with Crippen molar-refractivity contribution < 1.29 is 0 Å². The quantitative estimate of drug-likeness (QED) is 0.622. The van der Waals surface area contributed by atoms with Crippen molar-refractivity contribution in [2.24, 2.45) is 5.41 Å². The molecule has 0 aromatic heterocycles. The van der Waals surface area contributed by atoms with E-state index in [0.29, 0.717) is 11.5 Å². The first-order chi connectivity index (χ1) is 7.72. The maximum absolute atomic E-state index is 3.64. The van der Waals surface area contributed by atoms with Crippen LogP contribution in [0.5, 0.6) is 0 Å². The Morgan fingerprint density at radius 2 is 1.81 bits per heavy atom. The zero-order chi connectivity index (χ0) is 11.9. The predicted octanol–water partition coefficient (Wildman–Crippen LogP) is 2.93. The Bertz CT molecular complexity index is 174. The molecule has 1 atom stereocenters. The molecule has 96 valence electrons. The first-order valence-corrected chi connectivity index (χ1v) is 7.16. The Balaban J connectivity index is 2.05. The minimum atomic E-state index is 0.635. The van der Waals surface area contributed by atoms with Crippen LogP contribution in [0.25, 0.3) is 0 Å². The molecule has 0 spiro atoms. The van der Waals surface area contributed by atoms with Gasteiger partial charge >= 0.3 is 0 Å². The highest BCUT2D eigenvalue weighted by Crippen LogP contribution is 2.40. The van der Waals surface area contributed by atoms with Gasteiger partial charge in [-0.3, -0.25) is 0 Å². The van der Waals surface area contributed by atoms with Crippen molar-refractivity contribution >= 4 is 0 Å². The number of rotatable bonds is 8. The van der Waals surface area contributed by atoms with Crippen molar-refractivity contribution in [2.45, 2.75) is 65.3 Å². The lowest BCUT2D eigenvalue weighted by atomic mass is 9.83. The Morgan fingerprint density at radius 3 is 2.38 bits per heavy atom. The summed E-state index contributed by atoms with van der Waals surface area (Å²) < 4.78 is 0. The Labute approximate surface area is 102 Å². The first kappa shape index (κ1) is 14.0. The summed E-state index contributed by atoms with van der Waals surface area (Å²) >= 11 is 0. The SMILES string of the molecule is CCC(C)NCCNCC1(CC)CCCC1. The molecule has 0 saturated heterocycles. The van der Waals surface area contributed by atoms with Gasteiger partial charge in [0, 0.05) is 25.7 Å². The minimum Gasteiger partial charge on any atom is -0.315 e. The molecule has 1 fully saturated rings. The molecular weight excluding hydrogens is 196 g/mol. The van der Waals surface area contributed by atoms with Crippen LogP contribution in [0.15, 0.2) is 0 Å². The van der Waals surface area contributed by atoms with Crippen molar-refractivity contribution in [3.05, 3.63) is 0 Å². The third-order valence-electron chi connectivity index (χ3n) is 4.32. The zero-order valence-electron chi connectivity index (χ0n) is 11.4. The normalized spacial score (nSPS) is 21.2. The van der Waals surface area contributed by atoms with Gasteiger partial charge in [-0.1, -0.05) is 26.7 Å². The van der Waals surface area contributed by atoms with E-state index in [9.17, 15) is 0 Å². The van der Waals surface area contributed by atoms with E-state index in [0.717, 1.165) is 13.1 Å². The summed E-state index contributed by atoms with van der Waals surface area (Å²) in [5.74, 6) is 0. The fraction of sp³-hybridized carbons (Fsp3) is 1.00. The highest BCUT2D eigenvalue weighted by molar-refractivity contribution is 4.85. The van der Waals surface area contributed by atoms with Crippen LogP contribution >= 0.6 is 0 Å². The van der Waals surface area contributed by atoms with Gasteiger partial charge in [0.15, 0.2) is 0 Å². The lowest BCUT2D eigenvalue weighted by molar-refractivity contribution is 0.269. The van der Waals surface area contributed by atoms with Gasteiger partial charge in [-0.25, -0.2) is 0 Å². The van der Waals surface area contributed by atoms with Crippen LogP contribution in [0.1, 0.15) is 59.3 Å². The van der Waals surface area contributed by atoms with Gasteiger partial charge in [-0.2, -0.15) is 0 Å². The van der Waals surface area contributed by atoms with Gasteiger partial charge in [-0.15, -0.1) is 0 Å². The molecule has 2 nitrogen and oxygen atoms in total. The van der Waals surface area contributed by atoms with E-state index >= 15 is 0 Å². The average molecular weight is 226 g/mol. The first-order valence-electron chi connectivity index (χ1n) is 7.16. The number of hydrogen-bond acceptors (Lipinski definition) is 2. The molecule has 0 bridgehead atoms. The minimum absolute atomic E-state index is 0.635. The highest BCUT2D eigenvalue weighted by Gasteiger charge is 2.31. The fourth-order valence-electron chi connectivity index (χ4n) is 2.69. The second-order valence-electron chi connectivity index (χ2n) is 5.50. The Hall–Kier alpha value is -0.0800. The van der Waals surface area contributed by atoms with Crippen molar-refractivity contribution in [3.8, 4) is 0 Å². The largest absolute Gasteiger partial charge is 0.315 e. The van der Waals surface area contributed by atoms with E-state index in [-0.39, 0.29) is 0 Å². The molecule has 1 rings (SSSR count). The van der Waals surface area contributed by atoms with Crippen LogP contribution in [0.4, 0.5) is 0 Å². The van der Waals surface area contributed by atoms with E-state index in [1.807, 2.05) is 0 Å². The van der Waals surface area contributed by atoms with Crippen LogP contribution in [-0.4, -0.2) is 25.7 Å². The smallest absolute Gasteiger partial charge is 0.00792 e. The predicted molar refractivity (Wildman–Crippen MR) is 71.8 cm³/mol. The third kappa shape index (κ3) is 4.42. The number of nitrogens with one attached hydrogen (secondary N) is 2. The van der Waals surface area contributed by atoms with Gasteiger partial charge in [-0.05, 0) is 38.0 Å². The van der Waals surface area contributed by atoms with E-state index in [1.54, 1.807) is 0 Å². The zero-order valence-corrected chi connectivity index (χ0v) is 11.4. The fourth-order valence-corrected chi connectivity index (χ4v) is 2.69. The topological polar surface area (TPSA) is 24.1 Å². The van der Waals surface area contributed by atoms with Crippen molar-refractivity contribution in [1.29, 1.82) is 0 Å². The third-order valence-corrected chi connectivity index (χ3v) is 4.32. The van der Waals surface area contributed by atoms with E-state index in [1.165, 1.54) is 45.1 Å². The van der Waals surface area contributed by atoms with Crippen LogP contribution in [-0.2, 0) is 0 Å². The lowest BCUT2D eigenvalue weighted by Crippen LogP contribution is -2.37. The molecule has 16 heavy (non-hydrogen) atoms. The molecule has 0 aliphatic heterocycles. The van der Waals surface area contributed by atoms with E-state index in [4.69, 9.17) is 0 Å². The monoisotopic (exact) mass is 226 g/mol. The maximum atomic E-state index is 3.64. The molecule has 2 heteroatoms. The molecule has 0 amide bonds. The standard InChI is InChI=1S/C14H30N2/c1-4-13(3)16-11-10-15-12-14(5-2)8-6-7-9-14/h13,15-16H,4-12H2,1-3H3. The molecule has 2 N–H and O–H groups in total. The summed E-state index contributed by atoms with van der Waals surface area (Å²) in [7, 11) is 0. The van der Waals surface area contributed by atoms with Gasteiger partial charge in [0.1, 0.15) is 0 Å². The summed E-state index contributed by atoms with van der Waals surface area (Å²) in [6.07, 6.45) is 8.34. The second kappa shape index (κ2) is 7.29. The molecular formula is C14H30N2. The van der Waals surface area contributed by atoms with Crippen LogP contribution < -0.4 is 10.6 Å². The summed E-state index contributed by atoms with van der Waals surface area (Å²) in [5.41, 5.74) is 0.635. The van der Waals surface area contributed by atoms with Gasteiger partial charge in [0.2, 0.25) is 0 Å². The van der Waals surface area contributed by atoms with Gasteiger partial charge in [0.25, 0.3) is 0 Å². The molecule has 0 aromatic carbocycles. The summed E-state index contributed by atoms with van der Waals surface area (Å²) in [6, 6.07) is 0.661. The van der Waals surface area contributed by atoms with E-state index < -0.39 is 0 Å². The van der Waals surface area contributed by atoms with Crippen LogP contribution in [0.3, 0.4) is 0 Å². The van der Waals surface area contributed by atoms with Crippen LogP contribution in [0, 0.1) is 5.41 Å². The molecule has 0 heterocycles. The Morgan fingerprint density at radius 1 is 1.12 bits per heavy atom. The summed E-state index contributed by atoms with van der Waals surface area (Å²) in [4.78, 5) is 0. The summed E-state index contributed by atoms with van der Waals surface area (Å²) in [5, 5.41) is 7.16. The molecule has 1 unspecified atom stereocenters. The molecule has 1 aliphatic rings. The van der Waals surface area contributed by atoms with Gasteiger partial charge in [0.05, 0.1) is 0 Å². The molecule has 0 radical (unpaired) electrons. The molecule has 1 saturated carbocycles. The van der Waals surface area contributed by atoms with E-state index in [2.05, 4.69) is 31.4 Å². The van der Waals surface area contributed by atoms with Crippen molar-refractivity contribution in [2.75, 3.05) is 19.6 Å². The average Bonchev–Trinajstić information content (AvgIpc) is 2.77. The molecule has 1 aliphatic carbocycles. The van der Waals surface area contributed by atoms with Crippen LogP contribution in [0.2, 0.25) is 0 Å². The van der Waals surface area contributed by atoms with Crippen molar-refractivity contribution in [3.63, 3.8) is 0 Å². The Kier molecular flexibility index (Phi) is 6.37. The van der Waals surface area contributed by atoms with Gasteiger partial charge < -0.3 is 10.6 Å². The number of hydrogen-bond donors (Lipinski definition) is 2. The highest BCUT2D eigenvalue weighted by atomic mass is 15.0. The lowest BCUT2D eigenvalue weighted by Gasteiger charge is -2.28. The maximum Gasteiger partial charge on any atom is 0.00792 e. The summed E-state index contributed by atoms with van der Waals surface area (Å²) in [6.45, 7) is 10.3.